The first-order valence-corrected chi connectivity index (χ1v) is 6.33. The van der Waals surface area contributed by atoms with E-state index < -0.39 is 6.10 Å². The van der Waals surface area contributed by atoms with Gasteiger partial charge in [0.05, 0.1) is 18.1 Å². The molecular weight excluding hydrogens is 280 g/mol. The van der Waals surface area contributed by atoms with Crippen molar-refractivity contribution in [1.29, 1.82) is 5.26 Å². The predicted molar refractivity (Wildman–Crippen MR) is 72.8 cm³/mol. The summed E-state index contributed by atoms with van der Waals surface area (Å²) in [6.07, 6.45) is -0.484. The van der Waals surface area contributed by atoms with Gasteiger partial charge in [0.2, 0.25) is 0 Å². The van der Waals surface area contributed by atoms with E-state index in [2.05, 4.69) is 22.0 Å². The van der Waals surface area contributed by atoms with Gasteiger partial charge in [-0.25, -0.2) is 0 Å². The molecule has 1 rings (SSSR count). The zero-order valence-electron chi connectivity index (χ0n) is 10.3. The monoisotopic (exact) mass is 296 g/mol. The van der Waals surface area contributed by atoms with Crippen LogP contribution in [0.25, 0.3) is 0 Å². The number of hydrogen-bond acceptors (Lipinski definition) is 3. The van der Waals surface area contributed by atoms with Gasteiger partial charge in [-0.2, -0.15) is 5.26 Å². The average Bonchev–Trinajstić information content (AvgIpc) is 2.28. The Kier molecular flexibility index (Phi) is 4.98. The van der Waals surface area contributed by atoms with E-state index in [1.54, 1.807) is 6.92 Å². The van der Waals surface area contributed by atoms with E-state index in [0.717, 1.165) is 15.7 Å². The molecule has 0 spiro atoms. The summed E-state index contributed by atoms with van der Waals surface area (Å²) in [6, 6.07) is 8.04. The van der Waals surface area contributed by atoms with Crippen molar-refractivity contribution in [2.24, 2.45) is 5.92 Å². The summed E-state index contributed by atoms with van der Waals surface area (Å²) in [7, 11) is 1.96. The molecule has 2 unspecified atom stereocenters. The van der Waals surface area contributed by atoms with Crippen molar-refractivity contribution < 1.29 is 5.11 Å². The number of nitriles is 1. The average molecular weight is 297 g/mol. The maximum atomic E-state index is 9.53. The molecule has 1 aromatic rings. The Morgan fingerprint density at radius 3 is 2.59 bits per heavy atom. The zero-order valence-corrected chi connectivity index (χ0v) is 11.9. The number of anilines is 1. The first-order valence-electron chi connectivity index (χ1n) is 5.54. The van der Waals surface area contributed by atoms with Crippen molar-refractivity contribution in [2.45, 2.75) is 20.0 Å². The lowest BCUT2D eigenvalue weighted by Gasteiger charge is -2.21. The van der Waals surface area contributed by atoms with Crippen molar-refractivity contribution in [3.63, 3.8) is 0 Å². The summed E-state index contributed by atoms with van der Waals surface area (Å²) in [5.74, 6) is -0.00443. The van der Waals surface area contributed by atoms with Crippen LogP contribution in [0.5, 0.6) is 0 Å². The second kappa shape index (κ2) is 6.04. The Morgan fingerprint density at radius 2 is 2.12 bits per heavy atom. The molecule has 0 heterocycles. The summed E-state index contributed by atoms with van der Waals surface area (Å²) < 4.78 is 0.890. The van der Waals surface area contributed by atoms with Crippen LogP contribution in [-0.2, 0) is 0 Å². The Morgan fingerprint density at radius 1 is 1.47 bits per heavy atom. The van der Waals surface area contributed by atoms with E-state index in [-0.39, 0.29) is 5.92 Å². The number of aliphatic hydroxyl groups is 1. The van der Waals surface area contributed by atoms with Gasteiger partial charge in [-0.05, 0) is 31.5 Å². The molecule has 92 valence electrons. The van der Waals surface area contributed by atoms with Gasteiger partial charge < -0.3 is 10.0 Å². The molecule has 17 heavy (non-hydrogen) atoms. The molecule has 0 aliphatic carbocycles. The van der Waals surface area contributed by atoms with Crippen molar-refractivity contribution in [3.8, 4) is 6.07 Å². The normalized spacial score (nSPS) is 13.9. The Bertz CT molecular complexity index is 426. The maximum absolute atomic E-state index is 9.53. The molecule has 0 saturated heterocycles. The molecule has 0 aromatic heterocycles. The third-order valence-electron chi connectivity index (χ3n) is 2.64. The van der Waals surface area contributed by atoms with Crippen LogP contribution >= 0.6 is 15.9 Å². The lowest BCUT2D eigenvalue weighted by atomic mass is 10.1. The highest BCUT2D eigenvalue weighted by atomic mass is 79.9. The quantitative estimate of drug-likeness (QED) is 0.929. The molecule has 1 N–H and O–H groups in total. The first-order chi connectivity index (χ1) is 7.95. The van der Waals surface area contributed by atoms with Gasteiger partial charge >= 0.3 is 0 Å². The molecule has 4 heteroatoms. The summed E-state index contributed by atoms with van der Waals surface area (Å²) in [5.41, 5.74) is 1.90. The molecule has 0 fully saturated rings. The number of halogens is 1. The van der Waals surface area contributed by atoms with Gasteiger partial charge in [0.15, 0.2) is 0 Å². The molecule has 0 bridgehead atoms. The van der Waals surface area contributed by atoms with Crippen molar-refractivity contribution >= 4 is 21.6 Å². The lowest BCUT2D eigenvalue weighted by molar-refractivity contribution is 0.198. The summed E-state index contributed by atoms with van der Waals surface area (Å²) in [5, 5.41) is 18.3. The largest absolute Gasteiger partial charge is 0.389 e. The molecule has 0 saturated carbocycles. The fraction of sp³-hybridized carbons (Fsp3) is 0.462. The smallest absolute Gasteiger partial charge is 0.0772 e. The minimum atomic E-state index is -0.484. The first kappa shape index (κ1) is 14.0. The second-order valence-corrected chi connectivity index (χ2v) is 5.15. The molecule has 0 aliphatic heterocycles. The van der Waals surface area contributed by atoms with Gasteiger partial charge in [0.1, 0.15) is 0 Å². The van der Waals surface area contributed by atoms with Gasteiger partial charge in [0, 0.05) is 23.8 Å². The van der Waals surface area contributed by atoms with E-state index in [0.29, 0.717) is 6.54 Å². The van der Waals surface area contributed by atoms with E-state index in [9.17, 15) is 5.11 Å². The fourth-order valence-corrected chi connectivity index (χ4v) is 2.35. The SMILES string of the molecule is CC(C#N)CN(C)c1ccc(C(C)O)c(Br)c1. The molecular formula is C13H17BrN2O. The highest BCUT2D eigenvalue weighted by molar-refractivity contribution is 9.10. The van der Waals surface area contributed by atoms with Crippen molar-refractivity contribution in [1.82, 2.24) is 0 Å². The van der Waals surface area contributed by atoms with Crippen molar-refractivity contribution in [3.05, 3.63) is 28.2 Å². The van der Waals surface area contributed by atoms with E-state index in [4.69, 9.17) is 5.26 Å². The minimum absolute atomic E-state index is 0.00443. The van der Waals surface area contributed by atoms with Crippen LogP contribution in [0.2, 0.25) is 0 Å². The van der Waals surface area contributed by atoms with E-state index >= 15 is 0 Å². The Balaban J connectivity index is 2.87. The molecule has 3 nitrogen and oxygen atoms in total. The zero-order chi connectivity index (χ0) is 13.0. The summed E-state index contributed by atoms with van der Waals surface area (Å²) in [6.45, 7) is 4.33. The molecule has 0 aliphatic rings. The summed E-state index contributed by atoms with van der Waals surface area (Å²) >= 11 is 3.45. The number of hydrogen-bond donors (Lipinski definition) is 1. The second-order valence-electron chi connectivity index (χ2n) is 4.29. The van der Waals surface area contributed by atoms with Crippen LogP contribution in [0.1, 0.15) is 25.5 Å². The van der Waals surface area contributed by atoms with Gasteiger partial charge in [-0.3, -0.25) is 0 Å². The lowest BCUT2D eigenvalue weighted by Crippen LogP contribution is -2.23. The van der Waals surface area contributed by atoms with Crippen LogP contribution in [0.4, 0.5) is 5.69 Å². The Hall–Kier alpha value is -1.05. The number of aliphatic hydroxyl groups excluding tert-OH is 1. The number of nitrogens with zero attached hydrogens (tertiary/aromatic N) is 2. The maximum Gasteiger partial charge on any atom is 0.0772 e. The third-order valence-corrected chi connectivity index (χ3v) is 3.33. The minimum Gasteiger partial charge on any atom is -0.389 e. The van der Waals surface area contributed by atoms with Gasteiger partial charge in [-0.15, -0.1) is 0 Å². The molecule has 2 atom stereocenters. The van der Waals surface area contributed by atoms with Crippen molar-refractivity contribution in [2.75, 3.05) is 18.5 Å². The van der Waals surface area contributed by atoms with E-state index in [1.807, 2.05) is 37.1 Å². The number of rotatable bonds is 4. The van der Waals surface area contributed by atoms with Crippen LogP contribution < -0.4 is 4.90 Å². The highest BCUT2D eigenvalue weighted by Gasteiger charge is 2.10. The summed E-state index contributed by atoms with van der Waals surface area (Å²) in [4.78, 5) is 2.03. The highest BCUT2D eigenvalue weighted by Crippen LogP contribution is 2.28. The van der Waals surface area contributed by atoms with Crippen LogP contribution in [0, 0.1) is 17.2 Å². The van der Waals surface area contributed by atoms with Crippen LogP contribution in [-0.4, -0.2) is 18.7 Å². The molecule has 1 aromatic carbocycles. The topological polar surface area (TPSA) is 47.3 Å². The molecule has 0 radical (unpaired) electrons. The van der Waals surface area contributed by atoms with Crippen LogP contribution in [0.3, 0.4) is 0 Å². The Labute approximate surface area is 111 Å². The standard InChI is InChI=1S/C13H17BrN2O/c1-9(7-15)8-16(3)11-4-5-12(10(2)17)13(14)6-11/h4-6,9-10,17H,8H2,1-3H3. The van der Waals surface area contributed by atoms with Crippen LogP contribution in [0.15, 0.2) is 22.7 Å². The van der Waals surface area contributed by atoms with E-state index in [1.165, 1.54) is 0 Å². The van der Waals surface area contributed by atoms with Gasteiger partial charge in [0.25, 0.3) is 0 Å². The van der Waals surface area contributed by atoms with Gasteiger partial charge in [-0.1, -0.05) is 22.0 Å². The third kappa shape index (κ3) is 3.72. The predicted octanol–water partition coefficient (Wildman–Crippen LogP) is 3.10. The fourth-order valence-electron chi connectivity index (χ4n) is 1.65. The molecule has 0 amide bonds. The number of benzene rings is 1.